The standard InChI is InChI=1S/C14H22N2O4S/c1-6-20-13(17)15-16-21(18,19)12-9-11(14(3,4)5)8-7-10(12)2/h7-9,16H,6H2,1-5H3,(H,15,17). The van der Waals surface area contributed by atoms with Gasteiger partial charge in [-0.05, 0) is 36.5 Å². The first kappa shape index (κ1) is 17.5. The molecule has 0 aliphatic rings. The Labute approximate surface area is 125 Å². The molecule has 0 unspecified atom stereocenters. The van der Waals surface area contributed by atoms with Crippen LogP contribution in [-0.4, -0.2) is 21.1 Å². The number of benzene rings is 1. The van der Waals surface area contributed by atoms with E-state index >= 15 is 0 Å². The normalized spacial score (nSPS) is 12.0. The number of amides is 1. The van der Waals surface area contributed by atoms with Gasteiger partial charge in [-0.15, -0.1) is 4.83 Å². The molecule has 0 spiro atoms. The fourth-order valence-electron chi connectivity index (χ4n) is 1.69. The molecule has 118 valence electrons. The van der Waals surface area contributed by atoms with Crippen molar-refractivity contribution in [1.29, 1.82) is 0 Å². The van der Waals surface area contributed by atoms with Crippen LogP contribution >= 0.6 is 0 Å². The number of nitrogens with one attached hydrogen (secondary N) is 2. The number of carbonyl (C=O) groups excluding carboxylic acids is 1. The van der Waals surface area contributed by atoms with Crippen LogP contribution in [0.1, 0.15) is 38.8 Å². The van der Waals surface area contributed by atoms with Crippen LogP contribution in [0, 0.1) is 6.92 Å². The summed E-state index contributed by atoms with van der Waals surface area (Å²) in [6, 6.07) is 5.26. The van der Waals surface area contributed by atoms with E-state index in [0.29, 0.717) is 5.56 Å². The summed E-state index contributed by atoms with van der Waals surface area (Å²) < 4.78 is 29.1. The summed E-state index contributed by atoms with van der Waals surface area (Å²) in [5.41, 5.74) is 3.33. The highest BCUT2D eigenvalue weighted by Gasteiger charge is 2.22. The van der Waals surface area contributed by atoms with Gasteiger partial charge in [-0.1, -0.05) is 32.9 Å². The first-order chi connectivity index (χ1) is 9.58. The summed E-state index contributed by atoms with van der Waals surface area (Å²) in [4.78, 5) is 13.3. The third-order valence-corrected chi connectivity index (χ3v) is 4.30. The van der Waals surface area contributed by atoms with E-state index in [0.717, 1.165) is 5.56 Å². The van der Waals surface area contributed by atoms with Gasteiger partial charge in [-0.3, -0.25) is 0 Å². The quantitative estimate of drug-likeness (QED) is 0.835. The highest BCUT2D eigenvalue weighted by atomic mass is 32.2. The topological polar surface area (TPSA) is 84.5 Å². The zero-order valence-corrected chi connectivity index (χ0v) is 13.8. The van der Waals surface area contributed by atoms with E-state index in [2.05, 4.69) is 4.74 Å². The van der Waals surface area contributed by atoms with E-state index in [9.17, 15) is 13.2 Å². The number of sulfonamides is 1. The Balaban J connectivity index is 3.05. The Morgan fingerprint density at radius 1 is 1.29 bits per heavy atom. The summed E-state index contributed by atoms with van der Waals surface area (Å²) in [5, 5.41) is 0. The average Bonchev–Trinajstić information content (AvgIpc) is 2.36. The predicted molar refractivity (Wildman–Crippen MR) is 80.4 cm³/mol. The number of ether oxygens (including phenoxy) is 1. The molecule has 6 nitrogen and oxygen atoms in total. The second-order valence-electron chi connectivity index (χ2n) is 5.68. The molecule has 1 aromatic rings. The molecule has 1 rings (SSSR count). The third-order valence-electron chi connectivity index (χ3n) is 2.91. The lowest BCUT2D eigenvalue weighted by Gasteiger charge is -2.21. The highest BCUT2D eigenvalue weighted by molar-refractivity contribution is 7.89. The Morgan fingerprint density at radius 3 is 2.43 bits per heavy atom. The van der Waals surface area contributed by atoms with Crippen LogP contribution in [0.2, 0.25) is 0 Å². The van der Waals surface area contributed by atoms with Gasteiger partial charge in [0.15, 0.2) is 0 Å². The monoisotopic (exact) mass is 314 g/mol. The van der Waals surface area contributed by atoms with Gasteiger partial charge in [-0.25, -0.2) is 18.6 Å². The predicted octanol–water partition coefficient (Wildman–Crippen LogP) is 2.23. The molecule has 1 aromatic carbocycles. The Hall–Kier alpha value is -1.60. The molecule has 0 fully saturated rings. The molecule has 0 saturated heterocycles. The second-order valence-corrected chi connectivity index (χ2v) is 7.33. The molecule has 0 radical (unpaired) electrons. The zero-order chi connectivity index (χ0) is 16.3. The van der Waals surface area contributed by atoms with Crippen molar-refractivity contribution in [2.75, 3.05) is 6.61 Å². The lowest BCUT2D eigenvalue weighted by molar-refractivity contribution is 0.150. The molecule has 21 heavy (non-hydrogen) atoms. The SMILES string of the molecule is CCOC(=O)NNS(=O)(=O)c1cc(C(C)(C)C)ccc1C. The van der Waals surface area contributed by atoms with Crippen LogP contribution in [0.4, 0.5) is 4.79 Å². The largest absolute Gasteiger partial charge is 0.449 e. The molecule has 0 atom stereocenters. The molecule has 1 amide bonds. The van der Waals surface area contributed by atoms with E-state index in [-0.39, 0.29) is 16.9 Å². The molecular formula is C14H22N2O4S. The maximum absolute atomic E-state index is 12.3. The van der Waals surface area contributed by atoms with Crippen LogP contribution in [0.25, 0.3) is 0 Å². The van der Waals surface area contributed by atoms with E-state index in [4.69, 9.17) is 0 Å². The summed E-state index contributed by atoms with van der Waals surface area (Å²) in [6.07, 6.45) is -0.842. The fourth-order valence-corrected chi connectivity index (χ4v) is 2.79. The summed E-state index contributed by atoms with van der Waals surface area (Å²) in [5.74, 6) is 0. The zero-order valence-electron chi connectivity index (χ0n) is 13.0. The molecule has 0 aromatic heterocycles. The Kier molecular flexibility index (Phi) is 5.36. The number of rotatable bonds is 4. The second kappa shape index (κ2) is 6.44. The van der Waals surface area contributed by atoms with Gasteiger partial charge in [0.25, 0.3) is 10.0 Å². The molecule has 0 bridgehead atoms. The maximum atomic E-state index is 12.3. The maximum Gasteiger partial charge on any atom is 0.422 e. The van der Waals surface area contributed by atoms with Crippen molar-refractivity contribution < 1.29 is 17.9 Å². The number of hydrogen-bond acceptors (Lipinski definition) is 4. The van der Waals surface area contributed by atoms with Crippen molar-refractivity contribution in [2.24, 2.45) is 0 Å². The van der Waals surface area contributed by atoms with E-state index < -0.39 is 16.1 Å². The van der Waals surface area contributed by atoms with E-state index in [1.165, 1.54) is 0 Å². The van der Waals surface area contributed by atoms with Gasteiger partial charge in [0, 0.05) is 0 Å². The molecule has 0 saturated carbocycles. The number of hydrazine groups is 1. The van der Waals surface area contributed by atoms with Crippen molar-refractivity contribution in [3.63, 3.8) is 0 Å². The smallest absolute Gasteiger partial charge is 0.422 e. The van der Waals surface area contributed by atoms with Crippen LogP contribution in [0.3, 0.4) is 0 Å². The van der Waals surface area contributed by atoms with Crippen molar-refractivity contribution in [3.8, 4) is 0 Å². The number of hydrogen-bond donors (Lipinski definition) is 2. The van der Waals surface area contributed by atoms with Crippen LogP contribution < -0.4 is 10.3 Å². The molecule has 0 aliphatic heterocycles. The Morgan fingerprint density at radius 2 is 1.90 bits per heavy atom. The van der Waals surface area contributed by atoms with Crippen LogP contribution in [0.5, 0.6) is 0 Å². The van der Waals surface area contributed by atoms with E-state index in [1.54, 1.807) is 26.0 Å². The van der Waals surface area contributed by atoms with Gasteiger partial charge in [-0.2, -0.15) is 0 Å². The van der Waals surface area contributed by atoms with E-state index in [1.807, 2.05) is 37.1 Å². The molecule has 2 N–H and O–H groups in total. The van der Waals surface area contributed by atoms with Gasteiger partial charge >= 0.3 is 6.09 Å². The minimum absolute atomic E-state index is 0.131. The summed E-state index contributed by atoms with van der Waals surface area (Å²) in [6.45, 7) is 9.48. The van der Waals surface area contributed by atoms with Gasteiger partial charge in [0.2, 0.25) is 0 Å². The molecular weight excluding hydrogens is 292 g/mol. The van der Waals surface area contributed by atoms with Crippen molar-refractivity contribution in [3.05, 3.63) is 29.3 Å². The fraction of sp³-hybridized carbons (Fsp3) is 0.500. The van der Waals surface area contributed by atoms with Crippen molar-refractivity contribution >= 4 is 16.1 Å². The first-order valence-corrected chi connectivity index (χ1v) is 8.12. The molecule has 7 heteroatoms. The summed E-state index contributed by atoms with van der Waals surface area (Å²) in [7, 11) is -3.85. The third kappa shape index (κ3) is 4.71. The van der Waals surface area contributed by atoms with Gasteiger partial charge in [0.1, 0.15) is 0 Å². The van der Waals surface area contributed by atoms with Crippen molar-refractivity contribution in [1.82, 2.24) is 10.3 Å². The lowest BCUT2D eigenvalue weighted by Crippen LogP contribution is -2.42. The molecule has 0 heterocycles. The van der Waals surface area contributed by atoms with Gasteiger partial charge in [0.05, 0.1) is 11.5 Å². The summed E-state index contributed by atoms with van der Waals surface area (Å²) >= 11 is 0. The number of aryl methyl sites for hydroxylation is 1. The highest BCUT2D eigenvalue weighted by Crippen LogP contribution is 2.26. The van der Waals surface area contributed by atoms with Gasteiger partial charge < -0.3 is 4.74 Å². The Bertz CT molecular complexity index is 618. The number of carbonyl (C=O) groups is 1. The molecule has 0 aliphatic carbocycles. The first-order valence-electron chi connectivity index (χ1n) is 6.63. The van der Waals surface area contributed by atoms with Crippen molar-refractivity contribution in [2.45, 2.75) is 44.9 Å². The lowest BCUT2D eigenvalue weighted by atomic mass is 9.87. The minimum atomic E-state index is -3.85. The minimum Gasteiger partial charge on any atom is -0.449 e. The van der Waals surface area contributed by atoms with Crippen LogP contribution in [-0.2, 0) is 20.2 Å². The van der Waals surface area contributed by atoms with Crippen LogP contribution in [0.15, 0.2) is 23.1 Å². The average molecular weight is 314 g/mol.